The summed E-state index contributed by atoms with van der Waals surface area (Å²) in [5, 5.41) is 0.828. The van der Waals surface area contributed by atoms with Crippen molar-refractivity contribution >= 4 is 24.4 Å². The predicted molar refractivity (Wildman–Crippen MR) is 49.9 cm³/mol. The number of halogens is 4. The molecule has 5 heteroatoms. The van der Waals surface area contributed by atoms with Gasteiger partial charge in [0.2, 0.25) is 0 Å². The van der Waals surface area contributed by atoms with Crippen molar-refractivity contribution in [3.05, 3.63) is 29.8 Å². The van der Waals surface area contributed by atoms with Gasteiger partial charge in [0.25, 0.3) is 0 Å². The maximum Gasteiger partial charge on any atom is 0.416 e. The molecule has 0 radical (unpaired) electrons. The fourth-order valence-electron chi connectivity index (χ4n) is 0.937. The minimum Gasteiger partial charge on any atom is -0.166 e. The van der Waals surface area contributed by atoms with Crippen molar-refractivity contribution < 1.29 is 13.2 Å². The average molecular weight is 225 g/mol. The summed E-state index contributed by atoms with van der Waals surface area (Å²) in [5.41, 5.74) is -0.623. The largest absolute Gasteiger partial charge is 0.416 e. The van der Waals surface area contributed by atoms with Gasteiger partial charge in [-0.3, -0.25) is 0 Å². The van der Waals surface area contributed by atoms with E-state index in [4.69, 9.17) is 11.1 Å². The summed E-state index contributed by atoms with van der Waals surface area (Å²) in [6.45, 7) is 1.85. The van der Waals surface area contributed by atoms with Crippen LogP contribution >= 0.6 is 11.1 Å². The topological polar surface area (TPSA) is 0 Å². The lowest BCUT2D eigenvalue weighted by Gasteiger charge is -2.07. The SMILES string of the molecule is C[SiH](Cl)c1ccc(C(F)(F)F)cc1. The lowest BCUT2D eigenvalue weighted by Crippen LogP contribution is -2.20. The van der Waals surface area contributed by atoms with Crippen molar-refractivity contribution in [1.29, 1.82) is 0 Å². The molecule has 1 rings (SSSR count). The van der Waals surface area contributed by atoms with Crippen LogP contribution in [-0.4, -0.2) is 8.11 Å². The van der Waals surface area contributed by atoms with E-state index in [0.717, 1.165) is 17.3 Å². The second-order valence-electron chi connectivity index (χ2n) is 2.74. The van der Waals surface area contributed by atoms with Gasteiger partial charge in [-0.25, -0.2) is 0 Å². The molecule has 0 saturated carbocycles. The van der Waals surface area contributed by atoms with Gasteiger partial charge in [0.15, 0.2) is 8.11 Å². The van der Waals surface area contributed by atoms with Crippen molar-refractivity contribution in [1.82, 2.24) is 0 Å². The number of rotatable bonds is 1. The van der Waals surface area contributed by atoms with Crippen LogP contribution in [0.3, 0.4) is 0 Å². The maximum atomic E-state index is 12.1. The molecule has 1 aromatic carbocycles. The van der Waals surface area contributed by atoms with E-state index in [1.165, 1.54) is 12.1 Å². The van der Waals surface area contributed by atoms with Gasteiger partial charge < -0.3 is 0 Å². The molecule has 0 spiro atoms. The first-order chi connectivity index (χ1) is 5.91. The highest BCUT2D eigenvalue weighted by molar-refractivity contribution is 7.13. The third-order valence-corrected chi connectivity index (χ3v) is 3.76. The Labute approximate surface area is 80.6 Å². The Morgan fingerprint density at radius 2 is 1.62 bits per heavy atom. The van der Waals surface area contributed by atoms with Crippen LogP contribution in [0.4, 0.5) is 13.2 Å². The summed E-state index contributed by atoms with van der Waals surface area (Å²) < 4.78 is 36.3. The Bertz CT molecular complexity index is 278. The van der Waals surface area contributed by atoms with Gasteiger partial charge in [0, 0.05) is 0 Å². The lowest BCUT2D eigenvalue weighted by atomic mass is 10.2. The molecule has 0 aliphatic heterocycles. The minimum atomic E-state index is -4.25. The van der Waals surface area contributed by atoms with E-state index in [1.807, 2.05) is 6.55 Å². The molecule has 0 fully saturated rings. The number of hydrogen-bond acceptors (Lipinski definition) is 0. The first-order valence-electron chi connectivity index (χ1n) is 3.72. The molecule has 1 atom stereocenters. The minimum absolute atomic E-state index is 0.623. The van der Waals surface area contributed by atoms with E-state index in [2.05, 4.69) is 0 Å². The van der Waals surface area contributed by atoms with Crippen LogP contribution in [0.2, 0.25) is 6.55 Å². The summed E-state index contributed by atoms with van der Waals surface area (Å²) >= 11 is 5.83. The molecule has 0 amide bonds. The molecule has 0 aliphatic rings. The Kier molecular flexibility index (Phi) is 3.03. The normalized spacial score (nSPS) is 14.2. The van der Waals surface area contributed by atoms with Crippen LogP contribution in [0.25, 0.3) is 0 Å². The van der Waals surface area contributed by atoms with E-state index < -0.39 is 19.8 Å². The highest BCUT2D eigenvalue weighted by Crippen LogP contribution is 2.28. The number of alkyl halides is 3. The van der Waals surface area contributed by atoms with Gasteiger partial charge in [0.05, 0.1) is 5.56 Å². The Morgan fingerprint density at radius 3 is 1.92 bits per heavy atom. The van der Waals surface area contributed by atoms with Crippen LogP contribution in [0.5, 0.6) is 0 Å². The van der Waals surface area contributed by atoms with E-state index in [9.17, 15) is 13.2 Å². The van der Waals surface area contributed by atoms with Gasteiger partial charge in [-0.1, -0.05) is 30.8 Å². The molecule has 1 aromatic rings. The van der Waals surface area contributed by atoms with Crippen molar-refractivity contribution in [3.8, 4) is 0 Å². The molecule has 0 aromatic heterocycles. The maximum absolute atomic E-state index is 12.1. The molecular formula is C8H8ClF3Si. The first-order valence-corrected chi connectivity index (χ1v) is 7.20. The molecule has 72 valence electrons. The third kappa shape index (κ3) is 2.74. The summed E-state index contributed by atoms with van der Waals surface area (Å²) in [7, 11) is -1.50. The Hall–Kier alpha value is -0.483. The van der Waals surface area contributed by atoms with Gasteiger partial charge in [0.1, 0.15) is 0 Å². The van der Waals surface area contributed by atoms with Crippen molar-refractivity contribution in [2.24, 2.45) is 0 Å². The molecule has 0 N–H and O–H groups in total. The van der Waals surface area contributed by atoms with E-state index in [-0.39, 0.29) is 0 Å². The smallest absolute Gasteiger partial charge is 0.166 e. The summed E-state index contributed by atoms with van der Waals surface area (Å²) in [5.74, 6) is 0. The van der Waals surface area contributed by atoms with Crippen LogP contribution < -0.4 is 5.19 Å². The van der Waals surface area contributed by atoms with Gasteiger partial charge >= 0.3 is 6.18 Å². The Morgan fingerprint density at radius 1 is 1.15 bits per heavy atom. The summed E-state index contributed by atoms with van der Waals surface area (Å²) in [6, 6.07) is 5.04. The van der Waals surface area contributed by atoms with Crippen LogP contribution in [0.15, 0.2) is 24.3 Å². The van der Waals surface area contributed by atoms with Crippen LogP contribution in [0, 0.1) is 0 Å². The molecular weight excluding hydrogens is 217 g/mol. The average Bonchev–Trinajstić information content (AvgIpc) is 2.03. The Balaban J connectivity index is 2.94. The zero-order chi connectivity index (χ0) is 10.1. The van der Waals surface area contributed by atoms with Crippen molar-refractivity contribution in [2.45, 2.75) is 12.7 Å². The van der Waals surface area contributed by atoms with E-state index in [1.54, 1.807) is 0 Å². The van der Waals surface area contributed by atoms with Gasteiger partial charge in [-0.15, -0.1) is 0 Å². The first kappa shape index (κ1) is 10.6. The zero-order valence-electron chi connectivity index (χ0n) is 6.90. The fourth-order valence-corrected chi connectivity index (χ4v) is 2.10. The second kappa shape index (κ2) is 3.72. The molecule has 0 heterocycles. The lowest BCUT2D eigenvalue weighted by molar-refractivity contribution is -0.137. The molecule has 0 bridgehead atoms. The highest BCUT2D eigenvalue weighted by atomic mass is 35.6. The quantitative estimate of drug-likeness (QED) is 0.508. The summed E-state index contributed by atoms with van der Waals surface area (Å²) in [6.07, 6.45) is -4.25. The zero-order valence-corrected chi connectivity index (χ0v) is 8.81. The monoisotopic (exact) mass is 224 g/mol. The van der Waals surface area contributed by atoms with Gasteiger partial charge in [-0.05, 0) is 5.19 Å². The van der Waals surface area contributed by atoms with Gasteiger partial charge in [-0.2, -0.15) is 24.3 Å². The van der Waals surface area contributed by atoms with E-state index >= 15 is 0 Å². The standard InChI is InChI=1S/C8H8ClF3Si/c1-13(9)7-4-2-6(3-5-7)8(10,11)12/h2-5,13H,1H3. The fraction of sp³-hybridized carbons (Fsp3) is 0.250. The highest BCUT2D eigenvalue weighted by Gasteiger charge is 2.29. The summed E-state index contributed by atoms with van der Waals surface area (Å²) in [4.78, 5) is 0. The molecule has 0 nitrogen and oxygen atoms in total. The number of benzene rings is 1. The predicted octanol–water partition coefficient (Wildman–Crippen LogP) is 2.50. The van der Waals surface area contributed by atoms with Crippen LogP contribution in [-0.2, 0) is 6.18 Å². The van der Waals surface area contributed by atoms with Crippen molar-refractivity contribution in [3.63, 3.8) is 0 Å². The molecule has 13 heavy (non-hydrogen) atoms. The second-order valence-corrected chi connectivity index (χ2v) is 6.60. The van der Waals surface area contributed by atoms with Crippen molar-refractivity contribution in [2.75, 3.05) is 0 Å². The van der Waals surface area contributed by atoms with Crippen LogP contribution in [0.1, 0.15) is 5.56 Å². The molecule has 1 unspecified atom stereocenters. The molecule has 0 aliphatic carbocycles. The van der Waals surface area contributed by atoms with E-state index in [0.29, 0.717) is 0 Å². The number of hydrogen-bond donors (Lipinski definition) is 0. The third-order valence-electron chi connectivity index (χ3n) is 1.70. The molecule has 0 saturated heterocycles.